The molecule has 102 valence electrons. The van der Waals surface area contributed by atoms with Crippen LogP contribution < -0.4 is 0 Å². The van der Waals surface area contributed by atoms with E-state index < -0.39 is 0 Å². The summed E-state index contributed by atoms with van der Waals surface area (Å²) >= 11 is 0. The van der Waals surface area contributed by atoms with Gasteiger partial charge in [-0.25, -0.2) is 0 Å². The van der Waals surface area contributed by atoms with Gasteiger partial charge < -0.3 is 0 Å². The monoisotopic (exact) mass is 265 g/mol. The van der Waals surface area contributed by atoms with E-state index in [1.54, 1.807) is 0 Å². The van der Waals surface area contributed by atoms with Crippen molar-refractivity contribution in [3.05, 3.63) is 42.1 Å². The Bertz CT molecular complexity index is 649. The number of para-hydroxylation sites is 1. The largest absolute Gasteiger partial charge is 0.297 e. The molecule has 0 bridgehead atoms. The summed E-state index contributed by atoms with van der Waals surface area (Å²) in [5.41, 5.74) is 2.04. The number of hydrogen-bond acceptors (Lipinski definition) is 3. The van der Waals surface area contributed by atoms with Crippen molar-refractivity contribution in [1.82, 2.24) is 9.88 Å². The fourth-order valence-corrected chi connectivity index (χ4v) is 2.74. The van der Waals surface area contributed by atoms with Gasteiger partial charge in [0.1, 0.15) is 0 Å². The maximum Gasteiger partial charge on any atom is 0.0705 e. The lowest BCUT2D eigenvalue weighted by Crippen LogP contribution is -2.37. The van der Waals surface area contributed by atoms with Gasteiger partial charge in [-0.05, 0) is 31.9 Å². The van der Waals surface area contributed by atoms with Gasteiger partial charge in [0.15, 0.2) is 0 Å². The predicted octanol–water partition coefficient (Wildman–Crippen LogP) is 3.36. The van der Waals surface area contributed by atoms with Gasteiger partial charge in [-0.1, -0.05) is 24.3 Å². The van der Waals surface area contributed by atoms with Crippen molar-refractivity contribution in [2.75, 3.05) is 13.1 Å². The molecule has 0 saturated carbocycles. The number of benzene rings is 1. The molecular formula is C17H19N3. The quantitative estimate of drug-likeness (QED) is 0.836. The van der Waals surface area contributed by atoms with Crippen molar-refractivity contribution >= 4 is 10.9 Å². The van der Waals surface area contributed by atoms with Crippen molar-refractivity contribution in [2.45, 2.75) is 26.3 Å². The molecule has 3 heteroatoms. The molecule has 1 fully saturated rings. The van der Waals surface area contributed by atoms with Crippen LogP contribution in [0, 0.1) is 16.7 Å². The van der Waals surface area contributed by atoms with E-state index in [-0.39, 0.29) is 5.41 Å². The topological polar surface area (TPSA) is 39.9 Å². The number of fused-ring (bicyclic) bond motifs is 1. The van der Waals surface area contributed by atoms with Crippen molar-refractivity contribution in [2.24, 2.45) is 5.41 Å². The molecule has 0 radical (unpaired) electrons. The third-order valence-electron chi connectivity index (χ3n) is 4.27. The standard InChI is InChI=1S/C17H19N3/c1-17(13-18)8-10-20(11-9-17)12-15-7-6-14-4-2-3-5-16(14)19-15/h2-7H,8-12H2,1H3. The third kappa shape index (κ3) is 2.66. The minimum atomic E-state index is -0.132. The molecule has 0 spiro atoms. The first kappa shape index (κ1) is 13.1. The van der Waals surface area contributed by atoms with Crippen molar-refractivity contribution in [3.8, 4) is 6.07 Å². The lowest BCUT2D eigenvalue weighted by Gasteiger charge is -2.34. The molecule has 1 aromatic heterocycles. The summed E-state index contributed by atoms with van der Waals surface area (Å²) in [5, 5.41) is 10.4. The zero-order valence-electron chi connectivity index (χ0n) is 11.8. The first-order chi connectivity index (χ1) is 9.68. The molecule has 2 aromatic rings. The number of aromatic nitrogens is 1. The minimum Gasteiger partial charge on any atom is -0.297 e. The van der Waals surface area contributed by atoms with E-state index in [1.165, 1.54) is 5.39 Å². The van der Waals surface area contributed by atoms with Crippen LogP contribution in [0.1, 0.15) is 25.5 Å². The van der Waals surface area contributed by atoms with Crippen molar-refractivity contribution < 1.29 is 0 Å². The Kier molecular flexibility index (Phi) is 3.42. The molecule has 1 aromatic carbocycles. The lowest BCUT2D eigenvalue weighted by atomic mass is 9.82. The van der Waals surface area contributed by atoms with Gasteiger partial charge in [0.2, 0.25) is 0 Å². The zero-order chi connectivity index (χ0) is 14.0. The molecule has 2 heterocycles. The summed E-state index contributed by atoms with van der Waals surface area (Å²) in [5.74, 6) is 0. The highest BCUT2D eigenvalue weighted by atomic mass is 15.1. The zero-order valence-corrected chi connectivity index (χ0v) is 11.8. The highest BCUT2D eigenvalue weighted by Crippen LogP contribution is 2.30. The molecular weight excluding hydrogens is 246 g/mol. The summed E-state index contributed by atoms with van der Waals surface area (Å²) in [7, 11) is 0. The van der Waals surface area contributed by atoms with Crippen LogP contribution in [0.5, 0.6) is 0 Å². The van der Waals surface area contributed by atoms with E-state index >= 15 is 0 Å². The number of likely N-dealkylation sites (tertiary alicyclic amines) is 1. The van der Waals surface area contributed by atoms with E-state index in [0.29, 0.717) is 0 Å². The second kappa shape index (κ2) is 5.22. The van der Waals surface area contributed by atoms with Crippen LogP contribution in [0.3, 0.4) is 0 Å². The van der Waals surface area contributed by atoms with Crippen LogP contribution in [0.4, 0.5) is 0 Å². The van der Waals surface area contributed by atoms with E-state index in [4.69, 9.17) is 10.2 Å². The van der Waals surface area contributed by atoms with Crippen molar-refractivity contribution in [1.29, 1.82) is 5.26 Å². The number of piperidine rings is 1. The summed E-state index contributed by atoms with van der Waals surface area (Å²) < 4.78 is 0. The average Bonchev–Trinajstić information content (AvgIpc) is 2.50. The summed E-state index contributed by atoms with van der Waals surface area (Å²) in [4.78, 5) is 7.12. The molecule has 1 saturated heterocycles. The first-order valence-electron chi connectivity index (χ1n) is 7.17. The Morgan fingerprint density at radius 1 is 1.20 bits per heavy atom. The minimum absolute atomic E-state index is 0.132. The van der Waals surface area contributed by atoms with Crippen molar-refractivity contribution in [3.63, 3.8) is 0 Å². The van der Waals surface area contributed by atoms with Crippen LogP contribution in [0.25, 0.3) is 10.9 Å². The SMILES string of the molecule is CC1(C#N)CCN(Cc2ccc3ccccc3n2)CC1. The molecule has 3 nitrogen and oxygen atoms in total. The molecule has 0 N–H and O–H groups in total. The Morgan fingerprint density at radius 3 is 2.70 bits per heavy atom. The maximum atomic E-state index is 9.16. The van der Waals surface area contributed by atoms with Crippen LogP contribution >= 0.6 is 0 Å². The second-order valence-electron chi connectivity index (χ2n) is 5.94. The van der Waals surface area contributed by atoms with Gasteiger partial charge in [-0.3, -0.25) is 9.88 Å². The fourth-order valence-electron chi connectivity index (χ4n) is 2.74. The molecule has 0 aliphatic carbocycles. The van der Waals surface area contributed by atoms with Crippen LogP contribution in [0.15, 0.2) is 36.4 Å². The first-order valence-corrected chi connectivity index (χ1v) is 7.17. The number of rotatable bonds is 2. The van der Waals surface area contributed by atoms with Crippen LogP contribution in [-0.2, 0) is 6.54 Å². The second-order valence-corrected chi connectivity index (χ2v) is 5.94. The van der Waals surface area contributed by atoms with Gasteiger partial charge in [-0.15, -0.1) is 0 Å². The van der Waals surface area contributed by atoms with E-state index in [0.717, 1.165) is 43.7 Å². The Hall–Kier alpha value is -1.92. The average molecular weight is 265 g/mol. The number of hydrogen-bond donors (Lipinski definition) is 0. The Labute approximate surface area is 119 Å². The van der Waals surface area contributed by atoms with Gasteiger partial charge in [0, 0.05) is 25.0 Å². The molecule has 20 heavy (non-hydrogen) atoms. The van der Waals surface area contributed by atoms with Gasteiger partial charge in [-0.2, -0.15) is 5.26 Å². The molecule has 1 aliphatic heterocycles. The van der Waals surface area contributed by atoms with Gasteiger partial charge in [0.25, 0.3) is 0 Å². The fraction of sp³-hybridized carbons (Fsp3) is 0.412. The highest BCUT2D eigenvalue weighted by molar-refractivity contribution is 5.78. The number of nitrogens with zero attached hydrogens (tertiary/aromatic N) is 3. The summed E-state index contributed by atoms with van der Waals surface area (Å²) in [6.45, 7) is 4.92. The van der Waals surface area contributed by atoms with Gasteiger partial charge in [0.05, 0.1) is 22.7 Å². The van der Waals surface area contributed by atoms with E-state index in [1.807, 2.05) is 12.1 Å². The lowest BCUT2D eigenvalue weighted by molar-refractivity contribution is 0.149. The Morgan fingerprint density at radius 2 is 1.95 bits per heavy atom. The molecule has 0 amide bonds. The van der Waals surface area contributed by atoms with Crippen LogP contribution in [0.2, 0.25) is 0 Å². The van der Waals surface area contributed by atoms with Crippen LogP contribution in [-0.4, -0.2) is 23.0 Å². The molecule has 0 unspecified atom stereocenters. The number of nitriles is 1. The summed E-state index contributed by atoms with van der Waals surface area (Å²) in [6, 6.07) is 14.9. The van der Waals surface area contributed by atoms with Gasteiger partial charge >= 0.3 is 0 Å². The Balaban J connectivity index is 1.70. The molecule has 0 atom stereocenters. The highest BCUT2D eigenvalue weighted by Gasteiger charge is 2.29. The molecule has 1 aliphatic rings. The van der Waals surface area contributed by atoms with E-state index in [2.05, 4.69) is 42.2 Å². The summed E-state index contributed by atoms with van der Waals surface area (Å²) in [6.07, 6.45) is 1.91. The predicted molar refractivity (Wildman–Crippen MR) is 80.0 cm³/mol. The smallest absolute Gasteiger partial charge is 0.0705 e. The van der Waals surface area contributed by atoms with E-state index in [9.17, 15) is 0 Å². The normalized spacial score (nSPS) is 18.8. The maximum absolute atomic E-state index is 9.16. The molecule has 3 rings (SSSR count). The number of pyridine rings is 1. The third-order valence-corrected chi connectivity index (χ3v) is 4.27.